The minimum atomic E-state index is -0.451. The number of nitrogens with one attached hydrogen (secondary N) is 2. The average Bonchev–Trinajstić information content (AvgIpc) is 2.64. The summed E-state index contributed by atoms with van der Waals surface area (Å²) in [6, 6.07) is 14.5. The number of carbonyl (C=O) groups excluding carboxylic acids is 2. The van der Waals surface area contributed by atoms with Crippen molar-refractivity contribution >= 4 is 29.5 Å². The summed E-state index contributed by atoms with van der Waals surface area (Å²) in [5.41, 5.74) is 6.59. The fourth-order valence-corrected chi connectivity index (χ4v) is 2.05. The summed E-state index contributed by atoms with van der Waals surface area (Å²) in [4.78, 5) is 23.3. The van der Waals surface area contributed by atoms with Gasteiger partial charge in [0.15, 0.2) is 6.61 Å². The van der Waals surface area contributed by atoms with Gasteiger partial charge in [-0.2, -0.15) is 0 Å². The van der Waals surface area contributed by atoms with E-state index in [0.717, 1.165) is 12.0 Å². The number of hydrogen-bond acceptors (Lipinski definition) is 3. The number of amides is 2. The number of carbonyl (C=O) groups is 2. The van der Waals surface area contributed by atoms with Crippen molar-refractivity contribution in [2.45, 2.75) is 13.3 Å². The van der Waals surface area contributed by atoms with E-state index in [4.69, 9.17) is 16.3 Å². The van der Waals surface area contributed by atoms with E-state index in [1.807, 2.05) is 12.1 Å². The molecular formula is C19H19ClN2O3. The van der Waals surface area contributed by atoms with Gasteiger partial charge in [0.1, 0.15) is 5.75 Å². The maximum atomic E-state index is 11.7. The molecule has 0 bridgehead atoms. The molecule has 0 aliphatic carbocycles. The largest absolute Gasteiger partial charge is 0.484 e. The summed E-state index contributed by atoms with van der Waals surface area (Å²) in [6.07, 6.45) is 3.87. The zero-order chi connectivity index (χ0) is 18.1. The number of halogens is 1. The van der Waals surface area contributed by atoms with Crippen molar-refractivity contribution in [3.63, 3.8) is 0 Å². The van der Waals surface area contributed by atoms with E-state index in [1.54, 1.807) is 42.5 Å². The molecule has 0 aliphatic heterocycles. The summed E-state index contributed by atoms with van der Waals surface area (Å²) in [6.45, 7) is 1.88. The highest BCUT2D eigenvalue weighted by Crippen LogP contribution is 2.12. The Morgan fingerprint density at radius 3 is 2.36 bits per heavy atom. The molecule has 0 unspecified atom stereocenters. The number of hydrogen-bond donors (Lipinski definition) is 2. The number of rotatable bonds is 6. The van der Waals surface area contributed by atoms with Crippen molar-refractivity contribution in [3.05, 3.63) is 70.8 Å². The van der Waals surface area contributed by atoms with Gasteiger partial charge in [-0.25, -0.2) is 0 Å². The molecule has 0 saturated heterocycles. The van der Waals surface area contributed by atoms with Crippen LogP contribution in [0, 0.1) is 0 Å². The quantitative estimate of drug-likeness (QED) is 0.615. The molecular weight excluding hydrogens is 340 g/mol. The molecule has 2 aromatic rings. The van der Waals surface area contributed by atoms with Gasteiger partial charge in [0, 0.05) is 11.1 Å². The van der Waals surface area contributed by atoms with Crippen molar-refractivity contribution in [2.75, 3.05) is 6.61 Å². The summed E-state index contributed by atoms with van der Waals surface area (Å²) >= 11 is 5.79. The molecule has 0 radical (unpaired) electrons. The van der Waals surface area contributed by atoms with Crippen LogP contribution in [-0.2, 0) is 16.0 Å². The molecule has 0 fully saturated rings. The van der Waals surface area contributed by atoms with Gasteiger partial charge in [0.2, 0.25) is 0 Å². The zero-order valence-electron chi connectivity index (χ0n) is 13.8. The topological polar surface area (TPSA) is 67.4 Å². The van der Waals surface area contributed by atoms with Gasteiger partial charge in [-0.15, -0.1) is 0 Å². The second kappa shape index (κ2) is 9.49. The molecule has 5 nitrogen and oxygen atoms in total. The highest BCUT2D eigenvalue weighted by molar-refractivity contribution is 6.30. The lowest BCUT2D eigenvalue weighted by molar-refractivity contribution is -0.128. The van der Waals surface area contributed by atoms with Crippen LogP contribution in [0.15, 0.2) is 54.6 Å². The summed E-state index contributed by atoms with van der Waals surface area (Å²) in [7, 11) is 0. The maximum absolute atomic E-state index is 11.7. The van der Waals surface area contributed by atoms with E-state index in [2.05, 4.69) is 17.8 Å². The van der Waals surface area contributed by atoms with Gasteiger partial charge in [0.05, 0.1) is 0 Å². The molecule has 0 saturated carbocycles. The van der Waals surface area contributed by atoms with Gasteiger partial charge in [0.25, 0.3) is 11.8 Å². The Balaban J connectivity index is 1.71. The number of benzene rings is 2. The van der Waals surface area contributed by atoms with Crippen LogP contribution in [-0.4, -0.2) is 18.4 Å². The fraction of sp³-hybridized carbons (Fsp3) is 0.158. The van der Waals surface area contributed by atoms with Crippen LogP contribution in [0.5, 0.6) is 5.75 Å². The van der Waals surface area contributed by atoms with Gasteiger partial charge < -0.3 is 4.74 Å². The minimum Gasteiger partial charge on any atom is -0.484 e. The fourth-order valence-electron chi connectivity index (χ4n) is 1.93. The minimum absolute atomic E-state index is 0.188. The second-order valence-electron chi connectivity index (χ2n) is 5.21. The summed E-state index contributed by atoms with van der Waals surface area (Å²) in [5.74, 6) is -0.301. The molecule has 2 rings (SSSR count). The van der Waals surface area contributed by atoms with Crippen LogP contribution in [0.25, 0.3) is 6.08 Å². The van der Waals surface area contributed by atoms with Crippen LogP contribution < -0.4 is 15.6 Å². The van der Waals surface area contributed by atoms with Crippen molar-refractivity contribution < 1.29 is 14.3 Å². The number of aryl methyl sites for hydroxylation is 1. The Labute approximate surface area is 151 Å². The molecule has 25 heavy (non-hydrogen) atoms. The Kier molecular flexibility index (Phi) is 7.04. The van der Waals surface area contributed by atoms with Crippen LogP contribution >= 0.6 is 11.6 Å². The van der Waals surface area contributed by atoms with E-state index >= 15 is 0 Å². The lowest BCUT2D eigenvalue weighted by Crippen LogP contribution is -2.43. The molecule has 130 valence electrons. The molecule has 2 aromatic carbocycles. The first-order chi connectivity index (χ1) is 12.1. The third kappa shape index (κ3) is 6.69. The SMILES string of the molecule is CCc1ccc(OCC(=O)NNC(=O)/C=C/c2ccc(Cl)cc2)cc1. The predicted molar refractivity (Wildman–Crippen MR) is 98.1 cm³/mol. The van der Waals surface area contributed by atoms with Gasteiger partial charge in [-0.05, 0) is 47.9 Å². The number of hydrazine groups is 1. The lowest BCUT2D eigenvalue weighted by atomic mass is 10.2. The van der Waals surface area contributed by atoms with Crippen molar-refractivity contribution in [3.8, 4) is 5.75 Å². The monoisotopic (exact) mass is 358 g/mol. The van der Waals surface area contributed by atoms with Crippen molar-refractivity contribution in [1.29, 1.82) is 0 Å². The Morgan fingerprint density at radius 1 is 1.04 bits per heavy atom. The molecule has 0 aliphatic rings. The maximum Gasteiger partial charge on any atom is 0.276 e. The Bertz CT molecular complexity index is 740. The molecule has 6 heteroatoms. The van der Waals surface area contributed by atoms with Crippen molar-refractivity contribution in [2.24, 2.45) is 0 Å². The predicted octanol–water partition coefficient (Wildman–Crippen LogP) is 3.14. The first-order valence-electron chi connectivity index (χ1n) is 7.81. The average molecular weight is 359 g/mol. The highest BCUT2D eigenvalue weighted by atomic mass is 35.5. The first-order valence-corrected chi connectivity index (χ1v) is 8.19. The third-order valence-electron chi connectivity index (χ3n) is 3.32. The standard InChI is InChI=1S/C19H19ClN2O3/c1-2-14-5-10-17(11-6-14)25-13-19(24)22-21-18(23)12-7-15-3-8-16(20)9-4-15/h3-12H,2,13H2,1H3,(H,21,23)(H,22,24)/b12-7+. The van der Waals surface area contributed by atoms with E-state index < -0.39 is 11.8 Å². The lowest BCUT2D eigenvalue weighted by Gasteiger charge is -2.08. The van der Waals surface area contributed by atoms with Crippen LogP contribution in [0.4, 0.5) is 0 Å². The summed E-state index contributed by atoms with van der Waals surface area (Å²) in [5, 5.41) is 0.623. The third-order valence-corrected chi connectivity index (χ3v) is 3.58. The first kappa shape index (κ1) is 18.5. The van der Waals surface area contributed by atoms with Gasteiger partial charge in [-0.3, -0.25) is 20.4 Å². The van der Waals surface area contributed by atoms with Crippen molar-refractivity contribution in [1.82, 2.24) is 10.9 Å². The zero-order valence-corrected chi connectivity index (χ0v) is 14.5. The highest BCUT2D eigenvalue weighted by Gasteiger charge is 2.04. The van der Waals surface area contributed by atoms with E-state index in [1.165, 1.54) is 11.6 Å². The molecule has 0 atom stereocenters. The Hall–Kier alpha value is -2.79. The van der Waals surface area contributed by atoms with Gasteiger partial charge >= 0.3 is 0 Å². The second-order valence-corrected chi connectivity index (χ2v) is 5.64. The van der Waals surface area contributed by atoms with E-state index in [-0.39, 0.29) is 6.61 Å². The molecule has 0 spiro atoms. The molecule has 0 aromatic heterocycles. The molecule has 2 amide bonds. The van der Waals surface area contributed by atoms with Gasteiger partial charge in [-0.1, -0.05) is 42.8 Å². The smallest absolute Gasteiger partial charge is 0.276 e. The van der Waals surface area contributed by atoms with E-state index in [9.17, 15) is 9.59 Å². The Morgan fingerprint density at radius 2 is 1.72 bits per heavy atom. The van der Waals surface area contributed by atoms with Crippen LogP contribution in [0.2, 0.25) is 5.02 Å². The van der Waals surface area contributed by atoms with Crippen LogP contribution in [0.3, 0.4) is 0 Å². The normalized spacial score (nSPS) is 10.5. The van der Waals surface area contributed by atoms with E-state index in [0.29, 0.717) is 10.8 Å². The van der Waals surface area contributed by atoms with Crippen LogP contribution in [0.1, 0.15) is 18.1 Å². The molecule has 0 heterocycles. The molecule has 2 N–H and O–H groups in total. The number of ether oxygens (including phenoxy) is 1. The summed E-state index contributed by atoms with van der Waals surface area (Å²) < 4.78 is 5.35.